The predicted octanol–water partition coefficient (Wildman–Crippen LogP) is 4.34. The molecule has 180 valence electrons. The summed E-state index contributed by atoms with van der Waals surface area (Å²) in [5.74, 6) is -0.917. The van der Waals surface area contributed by atoms with Gasteiger partial charge in [-0.25, -0.2) is 9.78 Å². The number of piperazine rings is 1. The molecule has 0 bridgehead atoms. The second-order valence-corrected chi connectivity index (χ2v) is 8.10. The number of rotatable bonds is 4. The average Bonchev–Trinajstić information content (AvgIpc) is 3.39. The number of carbonyl (C=O) groups is 1. The number of nitrogens with one attached hydrogen (secondary N) is 1. The maximum Gasteiger partial charge on any atom is 0.471 e. The Kier molecular flexibility index (Phi) is 5.98. The van der Waals surface area contributed by atoms with Gasteiger partial charge in [0.2, 0.25) is 5.82 Å². The number of pyridine rings is 1. The monoisotopic (exact) mass is 482 g/mol. The van der Waals surface area contributed by atoms with Gasteiger partial charge in [-0.15, -0.1) is 0 Å². The SMILES string of the molecule is O=C(NCc1cccc2ccccc12)N1CCN(c2ccc(-c3noc(C(F)(F)F)n3)cn2)CC1. The quantitative estimate of drug-likeness (QED) is 0.466. The van der Waals surface area contributed by atoms with Gasteiger partial charge in [0.05, 0.1) is 0 Å². The second kappa shape index (κ2) is 9.24. The van der Waals surface area contributed by atoms with Crippen LogP contribution in [0.4, 0.5) is 23.8 Å². The van der Waals surface area contributed by atoms with Gasteiger partial charge in [0.25, 0.3) is 0 Å². The van der Waals surface area contributed by atoms with E-state index < -0.39 is 12.1 Å². The summed E-state index contributed by atoms with van der Waals surface area (Å²) in [6, 6.07) is 17.2. The first-order valence-corrected chi connectivity index (χ1v) is 11.0. The number of alkyl halides is 3. The molecule has 1 N–H and O–H groups in total. The van der Waals surface area contributed by atoms with E-state index in [1.165, 1.54) is 6.20 Å². The number of halogens is 3. The number of anilines is 1. The lowest BCUT2D eigenvalue weighted by Crippen LogP contribution is -2.51. The van der Waals surface area contributed by atoms with Gasteiger partial charge >= 0.3 is 18.1 Å². The smallest absolute Gasteiger partial charge is 0.353 e. The molecule has 0 unspecified atom stereocenters. The zero-order chi connectivity index (χ0) is 24.4. The normalized spacial score (nSPS) is 14.4. The van der Waals surface area contributed by atoms with E-state index in [1.54, 1.807) is 17.0 Å². The van der Waals surface area contributed by atoms with Crippen molar-refractivity contribution in [2.75, 3.05) is 31.1 Å². The Morgan fingerprint density at radius 3 is 2.49 bits per heavy atom. The zero-order valence-electron chi connectivity index (χ0n) is 18.5. The summed E-state index contributed by atoms with van der Waals surface area (Å²) in [6.45, 7) is 2.63. The number of fused-ring (bicyclic) bond motifs is 1. The second-order valence-electron chi connectivity index (χ2n) is 8.10. The molecule has 5 rings (SSSR count). The summed E-state index contributed by atoms with van der Waals surface area (Å²) in [4.78, 5) is 24.2. The van der Waals surface area contributed by atoms with Crippen molar-refractivity contribution in [2.24, 2.45) is 0 Å². The van der Waals surface area contributed by atoms with Crippen molar-refractivity contribution < 1.29 is 22.5 Å². The van der Waals surface area contributed by atoms with Crippen molar-refractivity contribution in [3.05, 3.63) is 72.2 Å². The fourth-order valence-electron chi connectivity index (χ4n) is 4.03. The van der Waals surface area contributed by atoms with Crippen LogP contribution in [0.15, 0.2) is 65.3 Å². The van der Waals surface area contributed by atoms with Crippen LogP contribution in [0.5, 0.6) is 0 Å². The highest BCUT2D eigenvalue weighted by Gasteiger charge is 2.38. The Morgan fingerprint density at radius 1 is 1.00 bits per heavy atom. The Morgan fingerprint density at radius 2 is 1.77 bits per heavy atom. The standard InChI is InChI=1S/C24H21F3N6O2/c25-24(26,27)22-30-21(31-35-22)18-8-9-20(28-15-18)32-10-12-33(13-11-32)23(34)29-14-17-6-3-5-16-4-1-2-7-19(16)17/h1-9,15H,10-14H2,(H,29,34). The van der Waals surface area contributed by atoms with Crippen molar-refractivity contribution in [1.29, 1.82) is 0 Å². The van der Waals surface area contributed by atoms with E-state index in [0.717, 1.165) is 16.3 Å². The summed E-state index contributed by atoms with van der Waals surface area (Å²) >= 11 is 0. The Balaban J connectivity index is 1.16. The summed E-state index contributed by atoms with van der Waals surface area (Å²) in [7, 11) is 0. The summed E-state index contributed by atoms with van der Waals surface area (Å²) < 4.78 is 42.2. The molecule has 1 saturated heterocycles. The number of nitrogens with zero attached hydrogens (tertiary/aromatic N) is 5. The number of amides is 2. The molecular weight excluding hydrogens is 461 g/mol. The van der Waals surface area contributed by atoms with Crippen LogP contribution in [0.25, 0.3) is 22.2 Å². The highest BCUT2D eigenvalue weighted by Crippen LogP contribution is 2.29. The minimum absolute atomic E-state index is 0.126. The van der Waals surface area contributed by atoms with Gasteiger partial charge in [-0.05, 0) is 28.5 Å². The van der Waals surface area contributed by atoms with E-state index in [1.807, 2.05) is 47.4 Å². The van der Waals surface area contributed by atoms with Gasteiger partial charge in [0.15, 0.2) is 0 Å². The van der Waals surface area contributed by atoms with Gasteiger partial charge in [-0.2, -0.15) is 18.2 Å². The Hall–Kier alpha value is -4.15. The van der Waals surface area contributed by atoms with Gasteiger partial charge in [-0.3, -0.25) is 0 Å². The minimum Gasteiger partial charge on any atom is -0.353 e. The first-order chi connectivity index (χ1) is 16.9. The topological polar surface area (TPSA) is 87.4 Å². The fraction of sp³-hybridized carbons (Fsp3) is 0.250. The van der Waals surface area contributed by atoms with Crippen LogP contribution in [0.3, 0.4) is 0 Å². The molecule has 1 aliphatic heterocycles. The molecule has 0 aliphatic carbocycles. The van der Waals surface area contributed by atoms with Crippen LogP contribution >= 0.6 is 0 Å². The third-order valence-corrected chi connectivity index (χ3v) is 5.88. The lowest BCUT2D eigenvalue weighted by atomic mass is 10.0. The molecule has 0 spiro atoms. The molecular formula is C24H21F3N6O2. The molecule has 0 saturated carbocycles. The van der Waals surface area contributed by atoms with Crippen LogP contribution in [-0.4, -0.2) is 52.2 Å². The number of urea groups is 1. The van der Waals surface area contributed by atoms with Crippen LogP contribution in [0, 0.1) is 0 Å². The molecule has 2 aromatic heterocycles. The molecule has 8 nitrogen and oxygen atoms in total. The Bertz CT molecular complexity index is 1330. The molecule has 1 fully saturated rings. The highest BCUT2D eigenvalue weighted by atomic mass is 19.4. The summed E-state index contributed by atoms with van der Waals surface area (Å²) in [6.07, 6.45) is -3.29. The third-order valence-electron chi connectivity index (χ3n) is 5.88. The largest absolute Gasteiger partial charge is 0.471 e. The Labute approximate surface area is 198 Å². The van der Waals surface area contributed by atoms with E-state index in [9.17, 15) is 18.0 Å². The van der Waals surface area contributed by atoms with Crippen LogP contribution in [0.1, 0.15) is 11.5 Å². The first-order valence-electron chi connectivity index (χ1n) is 11.0. The number of benzene rings is 2. The zero-order valence-corrected chi connectivity index (χ0v) is 18.5. The van der Waals surface area contributed by atoms with Crippen LogP contribution in [0.2, 0.25) is 0 Å². The molecule has 2 amide bonds. The van der Waals surface area contributed by atoms with Gasteiger partial charge in [-0.1, -0.05) is 47.6 Å². The summed E-state index contributed by atoms with van der Waals surface area (Å²) in [5.41, 5.74) is 1.38. The maximum absolute atomic E-state index is 12.7. The van der Waals surface area contributed by atoms with Crippen molar-refractivity contribution in [3.63, 3.8) is 0 Å². The van der Waals surface area contributed by atoms with E-state index in [-0.39, 0.29) is 11.9 Å². The predicted molar refractivity (Wildman–Crippen MR) is 123 cm³/mol. The number of hydrogen-bond donors (Lipinski definition) is 1. The minimum atomic E-state index is -4.69. The van der Waals surface area contributed by atoms with Gasteiger partial charge in [0.1, 0.15) is 5.82 Å². The molecule has 11 heteroatoms. The molecule has 3 heterocycles. The lowest BCUT2D eigenvalue weighted by Gasteiger charge is -2.35. The average molecular weight is 482 g/mol. The van der Waals surface area contributed by atoms with E-state index in [2.05, 4.69) is 25.0 Å². The summed E-state index contributed by atoms with van der Waals surface area (Å²) in [5, 5.41) is 8.62. The maximum atomic E-state index is 12.7. The van der Waals surface area contributed by atoms with E-state index in [0.29, 0.717) is 44.1 Å². The van der Waals surface area contributed by atoms with Gasteiger partial charge in [0, 0.05) is 44.5 Å². The molecule has 1 aliphatic rings. The van der Waals surface area contributed by atoms with Crippen LogP contribution in [-0.2, 0) is 12.7 Å². The third kappa shape index (κ3) is 4.88. The molecule has 0 atom stereocenters. The molecule has 2 aromatic carbocycles. The number of carbonyl (C=O) groups excluding carboxylic acids is 1. The van der Waals surface area contributed by atoms with Crippen molar-refractivity contribution in [2.45, 2.75) is 12.7 Å². The molecule has 4 aromatic rings. The van der Waals surface area contributed by atoms with Crippen LogP contribution < -0.4 is 10.2 Å². The van der Waals surface area contributed by atoms with Crippen molar-refractivity contribution in [3.8, 4) is 11.4 Å². The van der Waals surface area contributed by atoms with E-state index >= 15 is 0 Å². The van der Waals surface area contributed by atoms with Gasteiger partial charge < -0.3 is 19.6 Å². The number of hydrogen-bond acceptors (Lipinski definition) is 6. The fourth-order valence-corrected chi connectivity index (χ4v) is 4.03. The highest BCUT2D eigenvalue weighted by molar-refractivity contribution is 5.86. The lowest BCUT2D eigenvalue weighted by molar-refractivity contribution is -0.159. The first kappa shape index (κ1) is 22.6. The number of aromatic nitrogens is 3. The molecule has 0 radical (unpaired) electrons. The van der Waals surface area contributed by atoms with Crippen molar-refractivity contribution in [1.82, 2.24) is 25.3 Å². The van der Waals surface area contributed by atoms with Crippen molar-refractivity contribution >= 4 is 22.6 Å². The van der Waals surface area contributed by atoms with E-state index in [4.69, 9.17) is 0 Å². The molecule has 35 heavy (non-hydrogen) atoms.